The van der Waals surface area contributed by atoms with Crippen LogP contribution in [0.25, 0.3) is 0 Å². The predicted molar refractivity (Wildman–Crippen MR) is 56.1 cm³/mol. The summed E-state index contributed by atoms with van der Waals surface area (Å²) >= 11 is 0. The first-order chi connectivity index (χ1) is 7.54. The highest BCUT2D eigenvalue weighted by Crippen LogP contribution is 2.21. The summed E-state index contributed by atoms with van der Waals surface area (Å²) in [7, 11) is 1.42. The van der Waals surface area contributed by atoms with Gasteiger partial charge in [-0.15, -0.1) is 0 Å². The van der Waals surface area contributed by atoms with Crippen LogP contribution >= 0.6 is 0 Å². The lowest BCUT2D eigenvalue weighted by atomic mass is 10.1. The highest BCUT2D eigenvalue weighted by atomic mass is 16.5. The fraction of sp³-hybridized carbons (Fsp3) is 0.200. The number of nitrogens with one attached hydrogen (secondary N) is 1. The van der Waals surface area contributed by atoms with Crippen LogP contribution in [0.15, 0.2) is 18.2 Å². The van der Waals surface area contributed by atoms with Crippen LogP contribution in [-0.4, -0.2) is 35.8 Å². The highest BCUT2D eigenvalue weighted by Gasteiger charge is 2.11. The third-order valence-corrected chi connectivity index (χ3v) is 1.89. The molecule has 0 saturated carbocycles. The second kappa shape index (κ2) is 5.01. The predicted octanol–water partition coefficient (Wildman–Crippen LogP) is 0.890. The number of ether oxygens (including phenoxy) is 1. The van der Waals surface area contributed by atoms with Crippen molar-refractivity contribution in [2.24, 2.45) is 0 Å². The zero-order valence-electron chi connectivity index (χ0n) is 8.56. The Bertz CT molecular complexity index is 416. The summed E-state index contributed by atoms with van der Waals surface area (Å²) in [6, 6.07) is 4.34. The molecule has 6 nitrogen and oxygen atoms in total. The number of aromatic carboxylic acids is 1. The molecule has 1 rings (SSSR count). The monoisotopic (exact) mass is 225 g/mol. The molecule has 1 aromatic carbocycles. The summed E-state index contributed by atoms with van der Waals surface area (Å²) in [5.41, 5.74) is 0.219. The normalized spacial score (nSPS) is 9.56. The van der Waals surface area contributed by atoms with Gasteiger partial charge in [-0.25, -0.2) is 4.79 Å². The fourth-order valence-corrected chi connectivity index (χ4v) is 1.15. The van der Waals surface area contributed by atoms with Gasteiger partial charge in [-0.3, -0.25) is 4.79 Å². The van der Waals surface area contributed by atoms with Crippen molar-refractivity contribution in [1.29, 1.82) is 0 Å². The van der Waals surface area contributed by atoms with Crippen LogP contribution in [-0.2, 0) is 4.79 Å². The lowest BCUT2D eigenvalue weighted by Crippen LogP contribution is -2.14. The molecular formula is C10H11NO5. The maximum atomic E-state index is 10.9. The molecule has 0 saturated heterocycles. The number of hydrogen-bond acceptors (Lipinski definition) is 4. The van der Waals surface area contributed by atoms with E-state index < -0.39 is 11.9 Å². The maximum absolute atomic E-state index is 10.9. The van der Waals surface area contributed by atoms with Crippen molar-refractivity contribution in [1.82, 2.24) is 0 Å². The van der Waals surface area contributed by atoms with E-state index in [9.17, 15) is 9.59 Å². The molecule has 0 aliphatic heterocycles. The van der Waals surface area contributed by atoms with Gasteiger partial charge in [0.2, 0.25) is 0 Å². The zero-order chi connectivity index (χ0) is 12.1. The first-order valence-corrected chi connectivity index (χ1v) is 4.41. The maximum Gasteiger partial charge on any atom is 0.337 e. The van der Waals surface area contributed by atoms with Crippen LogP contribution in [0.5, 0.6) is 5.75 Å². The van der Waals surface area contributed by atoms with Gasteiger partial charge < -0.3 is 20.3 Å². The zero-order valence-corrected chi connectivity index (χ0v) is 8.56. The number of methoxy groups -OCH3 is 1. The molecule has 0 aliphatic carbocycles. The number of anilines is 1. The van der Waals surface area contributed by atoms with E-state index in [1.165, 1.54) is 19.2 Å². The van der Waals surface area contributed by atoms with Crippen molar-refractivity contribution < 1.29 is 24.5 Å². The van der Waals surface area contributed by atoms with E-state index in [1.54, 1.807) is 6.07 Å². The van der Waals surface area contributed by atoms with Gasteiger partial charge >= 0.3 is 11.9 Å². The Morgan fingerprint density at radius 1 is 1.38 bits per heavy atom. The minimum absolute atomic E-state index is 0.0272. The number of hydrogen-bond donors (Lipinski definition) is 3. The number of benzene rings is 1. The first kappa shape index (κ1) is 11.8. The largest absolute Gasteiger partial charge is 0.497 e. The molecule has 0 bridgehead atoms. The highest BCUT2D eigenvalue weighted by molar-refractivity contribution is 5.95. The van der Waals surface area contributed by atoms with Gasteiger partial charge in [-0.05, 0) is 18.2 Å². The molecule has 6 heteroatoms. The van der Waals surface area contributed by atoms with Crippen molar-refractivity contribution in [3.8, 4) is 5.75 Å². The Kier molecular flexibility index (Phi) is 3.71. The molecule has 16 heavy (non-hydrogen) atoms. The van der Waals surface area contributed by atoms with Gasteiger partial charge in [-0.1, -0.05) is 0 Å². The lowest BCUT2D eigenvalue weighted by Gasteiger charge is -2.09. The second-order valence-corrected chi connectivity index (χ2v) is 2.96. The number of carbonyl (C=O) groups is 2. The average Bonchev–Trinajstić information content (AvgIpc) is 2.25. The van der Waals surface area contributed by atoms with E-state index >= 15 is 0 Å². The van der Waals surface area contributed by atoms with Crippen molar-refractivity contribution in [3.63, 3.8) is 0 Å². The summed E-state index contributed by atoms with van der Waals surface area (Å²) in [6.07, 6.45) is 0. The van der Waals surface area contributed by atoms with Gasteiger partial charge in [-0.2, -0.15) is 0 Å². The molecule has 0 unspecified atom stereocenters. The number of rotatable bonds is 5. The summed E-state index contributed by atoms with van der Waals surface area (Å²) in [6.45, 7) is -0.341. The second-order valence-electron chi connectivity index (χ2n) is 2.96. The van der Waals surface area contributed by atoms with Gasteiger partial charge in [0.05, 0.1) is 12.7 Å². The number of aliphatic carboxylic acids is 1. The van der Waals surface area contributed by atoms with E-state index in [0.717, 1.165) is 0 Å². The Labute approximate surface area is 91.5 Å². The Hall–Kier alpha value is -2.24. The van der Waals surface area contributed by atoms with E-state index in [2.05, 4.69) is 5.32 Å². The molecule has 0 amide bonds. The molecule has 1 aromatic rings. The fourth-order valence-electron chi connectivity index (χ4n) is 1.15. The lowest BCUT2D eigenvalue weighted by molar-refractivity contribution is -0.134. The molecule has 0 aromatic heterocycles. The molecule has 86 valence electrons. The smallest absolute Gasteiger partial charge is 0.337 e. The average molecular weight is 225 g/mol. The van der Waals surface area contributed by atoms with Gasteiger partial charge in [0, 0.05) is 5.69 Å². The SMILES string of the molecule is COc1ccc(NCC(=O)O)c(C(=O)O)c1. The third-order valence-electron chi connectivity index (χ3n) is 1.89. The molecule has 3 N–H and O–H groups in total. The van der Waals surface area contributed by atoms with Crippen molar-refractivity contribution in [2.45, 2.75) is 0 Å². The Morgan fingerprint density at radius 3 is 2.56 bits per heavy atom. The van der Waals surface area contributed by atoms with Crippen LogP contribution in [0.3, 0.4) is 0 Å². The molecule has 0 atom stereocenters. The first-order valence-electron chi connectivity index (χ1n) is 4.41. The van der Waals surface area contributed by atoms with Crippen LogP contribution in [0.2, 0.25) is 0 Å². The molecule has 0 fully saturated rings. The van der Waals surface area contributed by atoms with E-state index in [0.29, 0.717) is 5.75 Å². The van der Waals surface area contributed by atoms with Crippen molar-refractivity contribution >= 4 is 17.6 Å². The van der Waals surface area contributed by atoms with Crippen LogP contribution in [0.1, 0.15) is 10.4 Å². The van der Waals surface area contributed by atoms with Gasteiger partial charge in [0.25, 0.3) is 0 Å². The Morgan fingerprint density at radius 2 is 2.06 bits per heavy atom. The minimum Gasteiger partial charge on any atom is -0.497 e. The topological polar surface area (TPSA) is 95.9 Å². The summed E-state index contributed by atoms with van der Waals surface area (Å²) in [4.78, 5) is 21.2. The molecule has 0 spiro atoms. The summed E-state index contributed by atoms with van der Waals surface area (Å²) in [5.74, 6) is -1.81. The third kappa shape index (κ3) is 2.88. The minimum atomic E-state index is -1.15. The molecular weight excluding hydrogens is 214 g/mol. The van der Waals surface area contributed by atoms with Crippen molar-refractivity contribution in [2.75, 3.05) is 19.0 Å². The van der Waals surface area contributed by atoms with E-state index in [4.69, 9.17) is 14.9 Å². The standard InChI is InChI=1S/C10H11NO5/c1-16-6-2-3-8(11-5-9(12)13)7(4-6)10(14)15/h2-4,11H,5H2,1H3,(H,12,13)(H,14,15). The summed E-state index contributed by atoms with van der Waals surface area (Å²) in [5, 5.41) is 19.9. The number of carboxylic acids is 2. The van der Waals surface area contributed by atoms with Crippen LogP contribution < -0.4 is 10.1 Å². The Balaban J connectivity index is 2.98. The van der Waals surface area contributed by atoms with E-state index in [-0.39, 0.29) is 17.8 Å². The quantitative estimate of drug-likeness (QED) is 0.688. The summed E-state index contributed by atoms with van der Waals surface area (Å²) < 4.78 is 4.88. The van der Waals surface area contributed by atoms with Gasteiger partial charge in [0.1, 0.15) is 12.3 Å². The number of carboxylic acid groups (broad SMARTS) is 2. The molecule has 0 heterocycles. The van der Waals surface area contributed by atoms with Gasteiger partial charge in [0.15, 0.2) is 0 Å². The van der Waals surface area contributed by atoms with E-state index in [1.807, 2.05) is 0 Å². The molecule has 0 aliphatic rings. The molecule has 0 radical (unpaired) electrons. The van der Waals surface area contributed by atoms with Crippen molar-refractivity contribution in [3.05, 3.63) is 23.8 Å². The van der Waals surface area contributed by atoms with Crippen LogP contribution in [0, 0.1) is 0 Å². The van der Waals surface area contributed by atoms with Crippen LogP contribution in [0.4, 0.5) is 5.69 Å².